The van der Waals surface area contributed by atoms with Crippen LogP contribution in [0.15, 0.2) is 24.7 Å². The highest BCUT2D eigenvalue weighted by molar-refractivity contribution is 5.66. The van der Waals surface area contributed by atoms with Crippen LogP contribution in [0.5, 0.6) is 0 Å². The van der Waals surface area contributed by atoms with E-state index in [4.69, 9.17) is 5.11 Å². The Morgan fingerprint density at radius 2 is 2.22 bits per heavy atom. The van der Waals surface area contributed by atoms with Crippen LogP contribution in [-0.4, -0.2) is 32.9 Å². The largest absolute Gasteiger partial charge is 0.396 e. The molecule has 2 aromatic heterocycles. The second-order valence-corrected chi connectivity index (χ2v) is 5.28. The normalized spacial score (nSPS) is 11.9. The maximum atomic E-state index is 8.88. The predicted molar refractivity (Wildman–Crippen MR) is 71.6 cm³/mol. The molecule has 0 bridgehead atoms. The first-order valence-corrected chi connectivity index (χ1v) is 6.25. The van der Waals surface area contributed by atoms with Crippen molar-refractivity contribution in [1.82, 2.24) is 14.6 Å². The summed E-state index contributed by atoms with van der Waals surface area (Å²) < 4.78 is 1.80. The molecule has 5 heteroatoms. The predicted octanol–water partition coefficient (Wildman–Crippen LogP) is 1.94. The fourth-order valence-corrected chi connectivity index (χ4v) is 1.96. The maximum absolute atomic E-state index is 8.88. The van der Waals surface area contributed by atoms with Crippen molar-refractivity contribution in [3.05, 3.63) is 24.7 Å². The summed E-state index contributed by atoms with van der Waals surface area (Å²) in [5, 5.41) is 16.4. The summed E-state index contributed by atoms with van der Waals surface area (Å²) in [5.41, 5.74) is 1.12. The molecule has 5 nitrogen and oxygen atoms in total. The zero-order chi connectivity index (χ0) is 13.0. The highest BCUT2D eigenvalue weighted by Gasteiger charge is 2.17. The van der Waals surface area contributed by atoms with Gasteiger partial charge in [0.2, 0.25) is 0 Å². The van der Waals surface area contributed by atoms with Crippen molar-refractivity contribution in [3.63, 3.8) is 0 Å². The Morgan fingerprint density at radius 1 is 1.39 bits per heavy atom. The van der Waals surface area contributed by atoms with Crippen LogP contribution < -0.4 is 5.32 Å². The van der Waals surface area contributed by atoms with Crippen molar-refractivity contribution in [3.8, 4) is 0 Å². The Morgan fingerprint density at radius 3 is 3.00 bits per heavy atom. The van der Waals surface area contributed by atoms with Crippen molar-refractivity contribution >= 4 is 11.3 Å². The number of aromatic nitrogens is 3. The van der Waals surface area contributed by atoms with Crippen molar-refractivity contribution in [2.45, 2.75) is 26.7 Å². The third-order valence-corrected chi connectivity index (χ3v) is 3.07. The van der Waals surface area contributed by atoms with Crippen LogP contribution in [0.4, 0.5) is 5.82 Å². The minimum Gasteiger partial charge on any atom is -0.396 e. The van der Waals surface area contributed by atoms with Crippen LogP contribution in [0.1, 0.15) is 26.7 Å². The van der Waals surface area contributed by atoms with Gasteiger partial charge in [-0.25, -0.2) is 9.50 Å². The summed E-state index contributed by atoms with van der Waals surface area (Å²) in [6, 6.07) is 1.94. The molecule has 0 unspecified atom stereocenters. The SMILES string of the molecule is CC(C)(CCCO)CNc1nccn2nccc12. The summed E-state index contributed by atoms with van der Waals surface area (Å²) in [4.78, 5) is 4.34. The van der Waals surface area contributed by atoms with E-state index < -0.39 is 0 Å². The van der Waals surface area contributed by atoms with Crippen LogP contribution in [-0.2, 0) is 0 Å². The summed E-state index contributed by atoms with van der Waals surface area (Å²) >= 11 is 0. The second kappa shape index (κ2) is 5.35. The Kier molecular flexibility index (Phi) is 3.81. The number of fused-ring (bicyclic) bond motifs is 1. The lowest BCUT2D eigenvalue weighted by Gasteiger charge is -2.25. The van der Waals surface area contributed by atoms with E-state index in [2.05, 4.69) is 29.2 Å². The smallest absolute Gasteiger partial charge is 0.152 e. The molecule has 98 valence electrons. The van der Waals surface area contributed by atoms with Crippen LogP contribution in [0.25, 0.3) is 5.52 Å². The monoisotopic (exact) mass is 248 g/mol. The van der Waals surface area contributed by atoms with Gasteiger partial charge in [0.1, 0.15) is 5.52 Å². The highest BCUT2D eigenvalue weighted by Crippen LogP contribution is 2.23. The second-order valence-electron chi connectivity index (χ2n) is 5.28. The van der Waals surface area contributed by atoms with Gasteiger partial charge in [0.15, 0.2) is 5.82 Å². The maximum Gasteiger partial charge on any atom is 0.152 e. The first-order valence-electron chi connectivity index (χ1n) is 6.25. The minimum absolute atomic E-state index is 0.136. The van der Waals surface area contributed by atoms with E-state index in [1.165, 1.54) is 0 Å². The van der Waals surface area contributed by atoms with Gasteiger partial charge in [0.25, 0.3) is 0 Å². The molecule has 2 aromatic rings. The Balaban J connectivity index is 2.03. The minimum atomic E-state index is 0.136. The van der Waals surface area contributed by atoms with Crippen LogP contribution in [0, 0.1) is 5.41 Å². The number of rotatable bonds is 6. The third kappa shape index (κ3) is 2.98. The van der Waals surface area contributed by atoms with Gasteiger partial charge < -0.3 is 10.4 Å². The van der Waals surface area contributed by atoms with Crippen molar-refractivity contribution < 1.29 is 5.11 Å². The molecule has 2 N–H and O–H groups in total. The highest BCUT2D eigenvalue weighted by atomic mass is 16.2. The van der Waals surface area contributed by atoms with Gasteiger partial charge in [0, 0.05) is 25.5 Å². The topological polar surface area (TPSA) is 62.5 Å². The van der Waals surface area contributed by atoms with Crippen LogP contribution in [0.3, 0.4) is 0 Å². The Labute approximate surface area is 107 Å². The van der Waals surface area contributed by atoms with Gasteiger partial charge in [-0.1, -0.05) is 13.8 Å². The molecule has 2 heterocycles. The number of aliphatic hydroxyl groups is 1. The molecular weight excluding hydrogens is 228 g/mol. The van der Waals surface area contributed by atoms with E-state index in [0.29, 0.717) is 0 Å². The van der Waals surface area contributed by atoms with E-state index in [-0.39, 0.29) is 12.0 Å². The van der Waals surface area contributed by atoms with Crippen LogP contribution in [0.2, 0.25) is 0 Å². The molecule has 0 fully saturated rings. The number of nitrogens with zero attached hydrogens (tertiary/aromatic N) is 3. The molecule has 0 amide bonds. The molecule has 2 rings (SSSR count). The molecule has 0 radical (unpaired) electrons. The molecule has 0 aromatic carbocycles. The summed E-state index contributed by atoms with van der Waals surface area (Å²) in [6.45, 7) is 5.45. The lowest BCUT2D eigenvalue weighted by molar-refractivity contribution is 0.248. The lowest BCUT2D eigenvalue weighted by Crippen LogP contribution is -2.24. The summed E-state index contributed by atoms with van der Waals surface area (Å²) in [7, 11) is 0. The first kappa shape index (κ1) is 12.8. The average Bonchev–Trinajstić information content (AvgIpc) is 2.82. The zero-order valence-electron chi connectivity index (χ0n) is 10.9. The number of anilines is 1. The van der Waals surface area contributed by atoms with Gasteiger partial charge in [-0.05, 0) is 24.3 Å². The van der Waals surface area contributed by atoms with Crippen molar-refractivity contribution in [2.75, 3.05) is 18.5 Å². The standard InChI is InChI=1S/C13H20N4O/c1-13(2,5-3-9-18)10-15-12-11-4-6-16-17(11)8-7-14-12/h4,6-8,18H,3,5,9-10H2,1-2H3,(H,14,15). The van der Waals surface area contributed by atoms with Crippen LogP contribution >= 0.6 is 0 Å². The summed E-state index contributed by atoms with van der Waals surface area (Å²) in [5.74, 6) is 0.854. The zero-order valence-corrected chi connectivity index (χ0v) is 10.9. The number of hydrogen-bond donors (Lipinski definition) is 2. The number of nitrogens with one attached hydrogen (secondary N) is 1. The van der Waals surface area contributed by atoms with Crippen molar-refractivity contribution in [1.29, 1.82) is 0 Å². The van der Waals surface area contributed by atoms with E-state index in [1.807, 2.05) is 12.3 Å². The fourth-order valence-electron chi connectivity index (χ4n) is 1.96. The lowest BCUT2D eigenvalue weighted by atomic mass is 9.88. The van der Waals surface area contributed by atoms with Gasteiger partial charge in [0.05, 0.1) is 6.20 Å². The molecule has 0 saturated heterocycles. The van der Waals surface area contributed by atoms with Gasteiger partial charge >= 0.3 is 0 Å². The van der Waals surface area contributed by atoms with E-state index in [9.17, 15) is 0 Å². The van der Waals surface area contributed by atoms with E-state index in [1.54, 1.807) is 16.9 Å². The average molecular weight is 248 g/mol. The van der Waals surface area contributed by atoms with Gasteiger partial charge in [-0.3, -0.25) is 0 Å². The van der Waals surface area contributed by atoms with Crippen molar-refractivity contribution in [2.24, 2.45) is 5.41 Å². The number of aliphatic hydroxyl groups excluding tert-OH is 1. The molecule has 0 aliphatic heterocycles. The molecule has 18 heavy (non-hydrogen) atoms. The van der Waals surface area contributed by atoms with Gasteiger partial charge in [-0.15, -0.1) is 0 Å². The number of hydrogen-bond acceptors (Lipinski definition) is 4. The molecule has 0 aliphatic rings. The molecule has 0 spiro atoms. The first-order chi connectivity index (χ1) is 8.62. The molecule has 0 aliphatic carbocycles. The quantitative estimate of drug-likeness (QED) is 0.820. The molecule has 0 atom stereocenters. The van der Waals surface area contributed by atoms with E-state index in [0.717, 1.165) is 30.7 Å². The van der Waals surface area contributed by atoms with Gasteiger partial charge in [-0.2, -0.15) is 5.10 Å². The Hall–Kier alpha value is -1.62. The van der Waals surface area contributed by atoms with E-state index >= 15 is 0 Å². The fraction of sp³-hybridized carbons (Fsp3) is 0.538. The summed E-state index contributed by atoms with van der Waals surface area (Å²) in [6.07, 6.45) is 7.15. The Bertz CT molecular complexity index is 506. The molecular formula is C13H20N4O. The third-order valence-electron chi connectivity index (χ3n) is 3.07. The molecule has 0 saturated carbocycles.